The standard InChI is InChI=1S/C36H42N6O/c1-39(31-14-13-28-6-4-5-7-29(28)22-31)30-18-20-42(21-19-30)25-36(43)40(2)32-15-16-34-33(23-32)38-35(41(34)3)17-12-26-8-10-27(24-37)11-9-26/h4-11,13-16,22-23,30H,12,17-21,24-25,37H2,1-3H3. The number of fused-ring (bicyclic) bond motifs is 2. The zero-order valence-electron chi connectivity index (χ0n) is 25.5. The summed E-state index contributed by atoms with van der Waals surface area (Å²) < 4.78 is 2.16. The highest BCUT2D eigenvalue weighted by Gasteiger charge is 2.25. The first-order chi connectivity index (χ1) is 20.9. The molecule has 5 aromatic rings. The molecule has 0 unspecified atom stereocenters. The number of rotatable bonds is 9. The van der Waals surface area contributed by atoms with E-state index in [2.05, 4.69) is 101 Å². The van der Waals surface area contributed by atoms with Gasteiger partial charge in [0.25, 0.3) is 0 Å². The summed E-state index contributed by atoms with van der Waals surface area (Å²) in [5.74, 6) is 1.15. The molecule has 2 N–H and O–H groups in total. The molecule has 7 heteroatoms. The lowest BCUT2D eigenvalue weighted by Crippen LogP contribution is -2.47. The van der Waals surface area contributed by atoms with E-state index in [1.807, 2.05) is 19.2 Å². The maximum absolute atomic E-state index is 13.3. The molecule has 1 amide bonds. The Morgan fingerprint density at radius 3 is 2.30 bits per heavy atom. The Morgan fingerprint density at radius 2 is 1.56 bits per heavy atom. The molecule has 2 heterocycles. The maximum atomic E-state index is 13.3. The molecule has 0 saturated carbocycles. The Bertz CT molecular complexity index is 1720. The molecule has 43 heavy (non-hydrogen) atoms. The van der Waals surface area contributed by atoms with E-state index in [-0.39, 0.29) is 5.91 Å². The van der Waals surface area contributed by atoms with Gasteiger partial charge >= 0.3 is 0 Å². The van der Waals surface area contributed by atoms with E-state index in [9.17, 15) is 4.79 Å². The summed E-state index contributed by atoms with van der Waals surface area (Å²) in [7, 11) is 6.14. The van der Waals surface area contributed by atoms with Crippen LogP contribution in [-0.2, 0) is 31.2 Å². The summed E-state index contributed by atoms with van der Waals surface area (Å²) >= 11 is 0. The summed E-state index contributed by atoms with van der Waals surface area (Å²) in [5, 5.41) is 2.54. The monoisotopic (exact) mass is 574 g/mol. The molecule has 0 aliphatic carbocycles. The van der Waals surface area contributed by atoms with Gasteiger partial charge in [0.1, 0.15) is 5.82 Å². The number of nitrogens with zero attached hydrogens (tertiary/aromatic N) is 5. The number of carbonyl (C=O) groups is 1. The number of carbonyl (C=O) groups excluding carboxylic acids is 1. The average molecular weight is 575 g/mol. The van der Waals surface area contributed by atoms with Crippen molar-refractivity contribution in [2.45, 2.75) is 38.3 Å². The highest BCUT2D eigenvalue weighted by atomic mass is 16.2. The molecule has 0 spiro atoms. The minimum atomic E-state index is 0.109. The number of benzene rings is 4. The molecule has 0 bridgehead atoms. The van der Waals surface area contributed by atoms with Crippen molar-refractivity contribution in [3.63, 3.8) is 0 Å². The lowest BCUT2D eigenvalue weighted by atomic mass is 10.0. The third kappa shape index (κ3) is 6.28. The largest absolute Gasteiger partial charge is 0.371 e. The highest BCUT2D eigenvalue weighted by Crippen LogP contribution is 2.27. The van der Waals surface area contributed by atoms with Gasteiger partial charge in [-0.25, -0.2) is 4.98 Å². The molecular weight excluding hydrogens is 532 g/mol. The maximum Gasteiger partial charge on any atom is 0.240 e. The third-order valence-electron chi connectivity index (χ3n) is 9.22. The van der Waals surface area contributed by atoms with E-state index in [4.69, 9.17) is 10.7 Å². The van der Waals surface area contributed by atoms with Gasteiger partial charge in [0.15, 0.2) is 0 Å². The SMILES string of the molecule is CN(C(=O)CN1CCC(N(C)c2ccc3ccccc3c2)CC1)c1ccc2c(c1)nc(CCc1ccc(CN)cc1)n2C. The van der Waals surface area contributed by atoms with E-state index in [1.165, 1.54) is 22.0 Å². The normalized spacial score (nSPS) is 14.4. The highest BCUT2D eigenvalue weighted by molar-refractivity contribution is 5.96. The van der Waals surface area contributed by atoms with Crippen LogP contribution < -0.4 is 15.5 Å². The topological polar surface area (TPSA) is 70.6 Å². The second kappa shape index (κ2) is 12.6. The van der Waals surface area contributed by atoms with Crippen molar-refractivity contribution in [3.8, 4) is 0 Å². The van der Waals surface area contributed by atoms with Crippen molar-refractivity contribution in [1.29, 1.82) is 0 Å². The number of hydrogen-bond donors (Lipinski definition) is 1. The number of piperidine rings is 1. The second-order valence-corrected chi connectivity index (χ2v) is 11.9. The molecular formula is C36H42N6O. The van der Waals surface area contributed by atoms with Crippen LogP contribution in [0.3, 0.4) is 0 Å². The molecule has 1 saturated heterocycles. The Balaban J connectivity index is 1.04. The van der Waals surface area contributed by atoms with Gasteiger partial charge < -0.3 is 20.1 Å². The number of likely N-dealkylation sites (tertiary alicyclic amines) is 1. The Hall–Kier alpha value is -4.20. The fourth-order valence-corrected chi connectivity index (χ4v) is 6.28. The van der Waals surface area contributed by atoms with Crippen LogP contribution in [0.5, 0.6) is 0 Å². The molecule has 4 aromatic carbocycles. The number of likely N-dealkylation sites (N-methyl/N-ethyl adjacent to an activating group) is 1. The van der Waals surface area contributed by atoms with Gasteiger partial charge in [-0.2, -0.15) is 0 Å². The lowest BCUT2D eigenvalue weighted by molar-refractivity contribution is -0.119. The number of anilines is 2. The minimum Gasteiger partial charge on any atom is -0.371 e. The predicted octanol–water partition coefficient (Wildman–Crippen LogP) is 5.53. The molecule has 0 radical (unpaired) electrons. The Morgan fingerprint density at radius 1 is 0.860 bits per heavy atom. The van der Waals surface area contributed by atoms with Gasteiger partial charge in [0.05, 0.1) is 17.6 Å². The van der Waals surface area contributed by atoms with E-state index in [0.29, 0.717) is 19.1 Å². The second-order valence-electron chi connectivity index (χ2n) is 11.9. The van der Waals surface area contributed by atoms with Gasteiger partial charge in [-0.05, 0) is 71.5 Å². The first-order valence-electron chi connectivity index (χ1n) is 15.3. The number of aryl methyl sites for hydroxylation is 3. The van der Waals surface area contributed by atoms with Crippen LogP contribution >= 0.6 is 0 Å². The van der Waals surface area contributed by atoms with Gasteiger partial charge in [0, 0.05) is 64.6 Å². The molecule has 222 valence electrons. The van der Waals surface area contributed by atoms with Crippen molar-refractivity contribution in [3.05, 3.63) is 102 Å². The van der Waals surface area contributed by atoms with Crippen LogP contribution in [0.1, 0.15) is 29.8 Å². The molecule has 7 nitrogen and oxygen atoms in total. The van der Waals surface area contributed by atoms with Crippen LogP contribution in [0.2, 0.25) is 0 Å². The third-order valence-corrected chi connectivity index (χ3v) is 9.22. The van der Waals surface area contributed by atoms with Crippen molar-refractivity contribution in [2.75, 3.05) is 43.5 Å². The summed E-state index contributed by atoms with van der Waals surface area (Å²) in [5.41, 5.74) is 12.3. The van der Waals surface area contributed by atoms with Crippen molar-refractivity contribution < 1.29 is 4.79 Å². The molecule has 0 atom stereocenters. The predicted molar refractivity (Wildman–Crippen MR) is 178 cm³/mol. The fraction of sp³-hybridized carbons (Fsp3) is 0.333. The molecule has 1 aromatic heterocycles. The smallest absolute Gasteiger partial charge is 0.240 e. The quantitative estimate of drug-likeness (QED) is 0.251. The number of nitrogens with two attached hydrogens (primary N) is 1. The molecule has 1 aliphatic rings. The zero-order valence-corrected chi connectivity index (χ0v) is 25.5. The van der Waals surface area contributed by atoms with Crippen LogP contribution in [0.15, 0.2) is 84.9 Å². The van der Waals surface area contributed by atoms with E-state index in [1.54, 1.807) is 4.90 Å². The molecule has 1 aliphatic heterocycles. The first-order valence-corrected chi connectivity index (χ1v) is 15.3. The average Bonchev–Trinajstić information content (AvgIpc) is 3.37. The van der Waals surface area contributed by atoms with Crippen LogP contribution in [0.25, 0.3) is 21.8 Å². The number of aromatic nitrogens is 2. The Labute approximate surface area is 254 Å². The van der Waals surface area contributed by atoms with Gasteiger partial charge in [-0.3, -0.25) is 9.69 Å². The summed E-state index contributed by atoms with van der Waals surface area (Å²) in [6, 6.07) is 30.3. The van der Waals surface area contributed by atoms with Crippen LogP contribution in [-0.4, -0.2) is 60.1 Å². The Kier molecular flexibility index (Phi) is 8.45. The fourth-order valence-electron chi connectivity index (χ4n) is 6.28. The molecule has 1 fully saturated rings. The van der Waals surface area contributed by atoms with E-state index < -0.39 is 0 Å². The van der Waals surface area contributed by atoms with Crippen molar-refractivity contribution >= 4 is 39.1 Å². The molecule has 6 rings (SSSR count). The summed E-state index contributed by atoms with van der Waals surface area (Å²) in [6.07, 6.45) is 3.85. The van der Waals surface area contributed by atoms with E-state index in [0.717, 1.165) is 66.9 Å². The van der Waals surface area contributed by atoms with Gasteiger partial charge in [0.2, 0.25) is 5.91 Å². The van der Waals surface area contributed by atoms with Crippen LogP contribution in [0.4, 0.5) is 11.4 Å². The van der Waals surface area contributed by atoms with Gasteiger partial charge in [-0.1, -0.05) is 54.6 Å². The lowest BCUT2D eigenvalue weighted by Gasteiger charge is -2.38. The zero-order chi connectivity index (χ0) is 29.9. The van der Waals surface area contributed by atoms with Crippen molar-refractivity contribution in [2.24, 2.45) is 12.8 Å². The number of imidazole rings is 1. The summed E-state index contributed by atoms with van der Waals surface area (Å²) in [4.78, 5) is 24.7. The van der Waals surface area contributed by atoms with Gasteiger partial charge in [-0.15, -0.1) is 0 Å². The summed E-state index contributed by atoms with van der Waals surface area (Å²) in [6.45, 7) is 2.82. The number of amides is 1. The minimum absolute atomic E-state index is 0.109. The first kappa shape index (κ1) is 28.9. The number of hydrogen-bond acceptors (Lipinski definition) is 5. The van der Waals surface area contributed by atoms with Crippen LogP contribution in [0, 0.1) is 0 Å². The van der Waals surface area contributed by atoms with E-state index >= 15 is 0 Å². The van der Waals surface area contributed by atoms with Crippen molar-refractivity contribution in [1.82, 2.24) is 14.5 Å².